The van der Waals surface area contributed by atoms with Crippen LogP contribution in [0.2, 0.25) is 5.02 Å². The zero-order valence-electron chi connectivity index (χ0n) is 8.53. The van der Waals surface area contributed by atoms with Gasteiger partial charge in [-0.25, -0.2) is 0 Å². The molecular formula is C12H9ClO3. The number of aryl methyl sites for hydroxylation is 1. The number of aldehydes is 1. The first kappa shape index (κ1) is 10.8. The van der Waals surface area contributed by atoms with Gasteiger partial charge in [0.05, 0.1) is 5.02 Å². The van der Waals surface area contributed by atoms with Gasteiger partial charge in [-0.15, -0.1) is 0 Å². The summed E-state index contributed by atoms with van der Waals surface area (Å²) >= 11 is 6.03. The van der Waals surface area contributed by atoms with Gasteiger partial charge in [-0.1, -0.05) is 11.6 Å². The van der Waals surface area contributed by atoms with Gasteiger partial charge in [-0.3, -0.25) is 4.79 Å². The van der Waals surface area contributed by atoms with E-state index in [9.17, 15) is 9.90 Å². The zero-order chi connectivity index (χ0) is 11.7. The molecule has 0 bridgehead atoms. The quantitative estimate of drug-likeness (QED) is 0.813. The molecule has 0 aliphatic heterocycles. The Morgan fingerprint density at radius 3 is 2.75 bits per heavy atom. The number of carbonyl (C=O) groups is 1. The number of carbonyl (C=O) groups excluding carboxylic acids is 1. The van der Waals surface area contributed by atoms with Crippen LogP contribution in [0.5, 0.6) is 5.75 Å². The van der Waals surface area contributed by atoms with Crippen molar-refractivity contribution >= 4 is 17.9 Å². The summed E-state index contributed by atoms with van der Waals surface area (Å²) in [6.07, 6.45) is 0.617. The van der Waals surface area contributed by atoms with Crippen molar-refractivity contribution in [2.45, 2.75) is 6.92 Å². The lowest BCUT2D eigenvalue weighted by molar-refractivity contribution is 0.110. The van der Waals surface area contributed by atoms with Crippen molar-refractivity contribution in [2.24, 2.45) is 0 Å². The molecule has 1 N–H and O–H groups in total. The molecule has 2 rings (SSSR count). The standard InChI is InChI=1S/C12H9ClO3/c1-7-4-10(13)9(5-11(7)15)12-3-2-8(6-14)16-12/h2-6,15H,1H3. The molecule has 0 amide bonds. The zero-order valence-corrected chi connectivity index (χ0v) is 9.28. The van der Waals surface area contributed by atoms with Gasteiger partial charge < -0.3 is 9.52 Å². The monoisotopic (exact) mass is 236 g/mol. The van der Waals surface area contributed by atoms with Gasteiger partial charge in [0.15, 0.2) is 12.0 Å². The minimum atomic E-state index is 0.142. The lowest BCUT2D eigenvalue weighted by Crippen LogP contribution is -1.81. The lowest BCUT2D eigenvalue weighted by atomic mass is 10.1. The topological polar surface area (TPSA) is 50.4 Å². The highest BCUT2D eigenvalue weighted by Gasteiger charge is 2.11. The number of phenols is 1. The predicted molar refractivity (Wildman–Crippen MR) is 60.9 cm³/mol. The third-order valence-electron chi connectivity index (χ3n) is 2.29. The van der Waals surface area contributed by atoms with Crippen molar-refractivity contribution in [3.8, 4) is 17.1 Å². The number of halogens is 1. The molecule has 0 radical (unpaired) electrons. The fourth-order valence-corrected chi connectivity index (χ4v) is 1.72. The average molecular weight is 237 g/mol. The van der Waals surface area contributed by atoms with Crippen molar-refractivity contribution < 1.29 is 14.3 Å². The maximum absolute atomic E-state index is 10.5. The summed E-state index contributed by atoms with van der Waals surface area (Å²) in [5.74, 6) is 0.831. The molecule has 1 aromatic heterocycles. The van der Waals surface area contributed by atoms with E-state index in [0.29, 0.717) is 28.2 Å². The Kier molecular flexibility index (Phi) is 2.71. The Morgan fingerprint density at radius 2 is 2.12 bits per heavy atom. The van der Waals surface area contributed by atoms with Crippen molar-refractivity contribution in [1.82, 2.24) is 0 Å². The van der Waals surface area contributed by atoms with E-state index >= 15 is 0 Å². The van der Waals surface area contributed by atoms with Crippen LogP contribution in [0.3, 0.4) is 0 Å². The van der Waals surface area contributed by atoms with Crippen LogP contribution in [-0.2, 0) is 0 Å². The molecule has 0 aliphatic rings. The third kappa shape index (κ3) is 1.82. The van der Waals surface area contributed by atoms with E-state index in [-0.39, 0.29) is 11.5 Å². The second kappa shape index (κ2) is 4.02. The van der Waals surface area contributed by atoms with E-state index in [0.717, 1.165) is 0 Å². The molecular weight excluding hydrogens is 228 g/mol. The number of hydrogen-bond donors (Lipinski definition) is 1. The Hall–Kier alpha value is -1.74. The van der Waals surface area contributed by atoms with E-state index in [1.54, 1.807) is 25.1 Å². The Bertz CT molecular complexity index is 543. The highest BCUT2D eigenvalue weighted by atomic mass is 35.5. The van der Waals surface area contributed by atoms with Gasteiger partial charge in [0.1, 0.15) is 11.5 Å². The first-order valence-electron chi connectivity index (χ1n) is 4.66. The average Bonchev–Trinajstić information content (AvgIpc) is 2.71. The highest BCUT2D eigenvalue weighted by Crippen LogP contribution is 2.34. The Morgan fingerprint density at radius 1 is 1.38 bits per heavy atom. The summed E-state index contributed by atoms with van der Waals surface area (Å²) in [5.41, 5.74) is 1.26. The number of benzene rings is 1. The Balaban J connectivity index is 2.55. The molecule has 0 atom stereocenters. The van der Waals surface area contributed by atoms with Crippen LogP contribution in [-0.4, -0.2) is 11.4 Å². The van der Waals surface area contributed by atoms with E-state index in [1.165, 1.54) is 6.07 Å². The van der Waals surface area contributed by atoms with Crippen molar-refractivity contribution in [3.05, 3.63) is 40.6 Å². The normalized spacial score (nSPS) is 10.4. The summed E-state index contributed by atoms with van der Waals surface area (Å²) in [6.45, 7) is 1.75. The maximum Gasteiger partial charge on any atom is 0.185 e. The number of rotatable bonds is 2. The minimum absolute atomic E-state index is 0.142. The maximum atomic E-state index is 10.5. The summed E-state index contributed by atoms with van der Waals surface area (Å²) in [5, 5.41) is 10.1. The molecule has 4 heteroatoms. The van der Waals surface area contributed by atoms with Gasteiger partial charge >= 0.3 is 0 Å². The van der Waals surface area contributed by atoms with E-state index in [1.807, 2.05) is 0 Å². The van der Waals surface area contributed by atoms with E-state index in [4.69, 9.17) is 16.0 Å². The lowest BCUT2D eigenvalue weighted by Gasteiger charge is -2.04. The molecule has 82 valence electrons. The number of hydrogen-bond acceptors (Lipinski definition) is 3. The highest BCUT2D eigenvalue weighted by molar-refractivity contribution is 6.33. The van der Waals surface area contributed by atoms with E-state index in [2.05, 4.69) is 0 Å². The molecule has 2 aromatic rings. The smallest absolute Gasteiger partial charge is 0.185 e. The van der Waals surface area contributed by atoms with Crippen molar-refractivity contribution in [3.63, 3.8) is 0 Å². The predicted octanol–water partition coefficient (Wildman–Crippen LogP) is 3.43. The largest absolute Gasteiger partial charge is 0.508 e. The van der Waals surface area contributed by atoms with Gasteiger partial charge in [-0.05, 0) is 36.8 Å². The summed E-state index contributed by atoms with van der Waals surface area (Å²) in [4.78, 5) is 10.5. The molecule has 0 saturated carbocycles. The molecule has 0 aliphatic carbocycles. The van der Waals surface area contributed by atoms with Crippen LogP contribution in [0.1, 0.15) is 16.1 Å². The third-order valence-corrected chi connectivity index (χ3v) is 2.61. The van der Waals surface area contributed by atoms with Gasteiger partial charge in [0.25, 0.3) is 0 Å². The first-order valence-corrected chi connectivity index (χ1v) is 5.04. The summed E-state index contributed by atoms with van der Waals surface area (Å²) in [7, 11) is 0. The van der Waals surface area contributed by atoms with Crippen LogP contribution < -0.4 is 0 Å². The molecule has 0 fully saturated rings. The number of furan rings is 1. The molecule has 0 spiro atoms. The van der Waals surface area contributed by atoms with Gasteiger partial charge in [0, 0.05) is 5.56 Å². The molecule has 1 aromatic carbocycles. The fraction of sp³-hybridized carbons (Fsp3) is 0.0833. The van der Waals surface area contributed by atoms with Crippen LogP contribution in [0, 0.1) is 6.92 Å². The fourth-order valence-electron chi connectivity index (χ4n) is 1.41. The van der Waals surface area contributed by atoms with Crippen molar-refractivity contribution in [2.75, 3.05) is 0 Å². The summed E-state index contributed by atoms with van der Waals surface area (Å²) in [6, 6.07) is 6.36. The van der Waals surface area contributed by atoms with Crippen LogP contribution in [0.25, 0.3) is 11.3 Å². The van der Waals surface area contributed by atoms with Crippen molar-refractivity contribution in [1.29, 1.82) is 0 Å². The second-order valence-corrected chi connectivity index (χ2v) is 3.85. The van der Waals surface area contributed by atoms with Gasteiger partial charge in [0.2, 0.25) is 0 Å². The van der Waals surface area contributed by atoms with Crippen LogP contribution in [0.15, 0.2) is 28.7 Å². The second-order valence-electron chi connectivity index (χ2n) is 3.44. The van der Waals surface area contributed by atoms with Crippen LogP contribution in [0.4, 0.5) is 0 Å². The SMILES string of the molecule is Cc1cc(Cl)c(-c2ccc(C=O)o2)cc1O. The van der Waals surface area contributed by atoms with Crippen LogP contribution >= 0.6 is 11.6 Å². The number of phenolic OH excluding ortho intramolecular Hbond substituents is 1. The molecule has 3 nitrogen and oxygen atoms in total. The van der Waals surface area contributed by atoms with Gasteiger partial charge in [-0.2, -0.15) is 0 Å². The van der Waals surface area contributed by atoms with E-state index < -0.39 is 0 Å². The first-order chi connectivity index (χ1) is 7.61. The minimum Gasteiger partial charge on any atom is -0.508 e. The molecule has 1 heterocycles. The Labute approximate surface area is 97.3 Å². The molecule has 16 heavy (non-hydrogen) atoms. The molecule has 0 saturated heterocycles. The number of aromatic hydroxyl groups is 1. The molecule has 0 unspecified atom stereocenters. The summed E-state index contributed by atoms with van der Waals surface area (Å²) < 4.78 is 5.23.